The summed E-state index contributed by atoms with van der Waals surface area (Å²) in [5, 5.41) is 10.3. The molecule has 4 aromatic carbocycles. The molecule has 4 nitrogen and oxygen atoms in total. The van der Waals surface area contributed by atoms with E-state index in [-0.39, 0.29) is 7.43 Å². The van der Waals surface area contributed by atoms with Crippen LogP contribution in [0.5, 0.6) is 0 Å². The lowest BCUT2D eigenvalue weighted by Gasteiger charge is -2.24. The van der Waals surface area contributed by atoms with E-state index in [1.807, 2.05) is 6.08 Å². The van der Waals surface area contributed by atoms with Crippen molar-refractivity contribution in [3.63, 3.8) is 0 Å². The van der Waals surface area contributed by atoms with Gasteiger partial charge >= 0.3 is 0 Å². The maximum atomic E-state index is 3.89. The van der Waals surface area contributed by atoms with Crippen molar-refractivity contribution in [1.29, 1.82) is 0 Å². The fourth-order valence-electron chi connectivity index (χ4n) is 7.42. The Balaban J connectivity index is 0.000000161. The third kappa shape index (κ3) is 7.15. The zero-order chi connectivity index (χ0) is 31.3. The Hall–Kier alpha value is -4.38. The summed E-state index contributed by atoms with van der Waals surface area (Å²) in [6, 6.07) is 35.6. The minimum absolute atomic E-state index is 0. The standard InChI is InChI=1S/C21H24N2.C21H22N2.CH4/c2*1-2-15-11-12-19-18(13-15)17-9-6-10-20(21(17)23-19)22-14-16-7-4-3-5-8-16;/h3-5,7-8,11-13,20,22-23H,2,6,9-10,14H2,1H3;2-5,7-8,11-13,20,22-23H,1,6,9-10,14H2;1H4/t2*20-;/m11./s1. The molecule has 4 heteroatoms. The third-order valence-corrected chi connectivity index (χ3v) is 9.94. The van der Waals surface area contributed by atoms with E-state index in [9.17, 15) is 0 Å². The Kier molecular flexibility index (Phi) is 10.4. The largest absolute Gasteiger partial charge is 0.357 e. The van der Waals surface area contributed by atoms with Gasteiger partial charge in [-0.2, -0.15) is 0 Å². The molecule has 8 rings (SSSR count). The summed E-state index contributed by atoms with van der Waals surface area (Å²) in [7, 11) is 0. The summed E-state index contributed by atoms with van der Waals surface area (Å²) in [6.07, 6.45) is 10.3. The highest BCUT2D eigenvalue weighted by Gasteiger charge is 2.25. The third-order valence-electron chi connectivity index (χ3n) is 9.94. The van der Waals surface area contributed by atoms with Crippen molar-refractivity contribution in [2.24, 2.45) is 0 Å². The second-order valence-electron chi connectivity index (χ2n) is 12.9. The van der Waals surface area contributed by atoms with Gasteiger partial charge < -0.3 is 20.6 Å². The highest BCUT2D eigenvalue weighted by Crippen LogP contribution is 2.36. The van der Waals surface area contributed by atoms with Crippen LogP contribution >= 0.6 is 0 Å². The summed E-state index contributed by atoms with van der Waals surface area (Å²) in [4.78, 5) is 7.35. The SMILES string of the molecule is C.C=Cc1ccc2[nH]c3c(c2c1)CCC[C@H]3NCc1ccccc1.CCc1ccc2[nH]c3c(c2c1)CCC[C@H]3NCc1ccccc1. The van der Waals surface area contributed by atoms with Crippen molar-refractivity contribution in [3.05, 3.63) is 148 Å². The van der Waals surface area contributed by atoms with E-state index in [2.05, 4.69) is 131 Å². The molecule has 47 heavy (non-hydrogen) atoms. The molecule has 2 heterocycles. The monoisotopic (exact) mass is 622 g/mol. The molecule has 2 aliphatic carbocycles. The van der Waals surface area contributed by atoms with Crippen molar-refractivity contribution in [2.75, 3.05) is 0 Å². The predicted molar refractivity (Wildman–Crippen MR) is 201 cm³/mol. The number of H-pyrrole nitrogens is 2. The molecular formula is C43H50N4. The van der Waals surface area contributed by atoms with Gasteiger partial charge in [0, 0.05) is 58.4 Å². The Labute approximate surface area is 280 Å². The topological polar surface area (TPSA) is 55.6 Å². The van der Waals surface area contributed by atoms with Crippen LogP contribution in [0.3, 0.4) is 0 Å². The van der Waals surface area contributed by atoms with Gasteiger partial charge in [-0.15, -0.1) is 0 Å². The van der Waals surface area contributed by atoms with Gasteiger partial charge in [0.05, 0.1) is 0 Å². The number of fused-ring (bicyclic) bond motifs is 6. The van der Waals surface area contributed by atoms with Gasteiger partial charge in [-0.05, 0) is 103 Å². The van der Waals surface area contributed by atoms with Crippen LogP contribution < -0.4 is 10.6 Å². The van der Waals surface area contributed by atoms with Crippen molar-refractivity contribution < 1.29 is 0 Å². The molecule has 0 unspecified atom stereocenters. The average Bonchev–Trinajstić information content (AvgIpc) is 3.69. The van der Waals surface area contributed by atoms with Gasteiger partial charge in [-0.3, -0.25) is 0 Å². The Morgan fingerprint density at radius 2 is 1.17 bits per heavy atom. The van der Waals surface area contributed by atoms with Crippen LogP contribution in [0.1, 0.15) is 96.9 Å². The molecule has 0 saturated carbocycles. The summed E-state index contributed by atoms with van der Waals surface area (Å²) >= 11 is 0. The molecule has 0 saturated heterocycles. The van der Waals surface area contributed by atoms with E-state index in [0.29, 0.717) is 12.1 Å². The number of aryl methyl sites for hydroxylation is 3. The summed E-state index contributed by atoms with van der Waals surface area (Å²) in [6.45, 7) is 7.96. The summed E-state index contributed by atoms with van der Waals surface area (Å²) in [5.41, 5.74) is 13.7. The normalized spacial score (nSPS) is 16.9. The molecule has 0 aliphatic heterocycles. The van der Waals surface area contributed by atoms with E-state index in [1.54, 1.807) is 0 Å². The van der Waals surface area contributed by atoms with E-state index in [0.717, 1.165) is 19.5 Å². The number of aromatic amines is 2. The first-order valence-electron chi connectivity index (χ1n) is 17.1. The molecule has 2 aliphatic rings. The molecule has 6 aromatic rings. The number of hydrogen-bond acceptors (Lipinski definition) is 2. The number of aromatic nitrogens is 2. The number of hydrogen-bond donors (Lipinski definition) is 4. The number of rotatable bonds is 8. The predicted octanol–water partition coefficient (Wildman–Crippen LogP) is 10.5. The van der Waals surface area contributed by atoms with Crippen LogP contribution in [-0.4, -0.2) is 9.97 Å². The molecule has 0 fully saturated rings. The van der Waals surface area contributed by atoms with Gasteiger partial charge in [-0.1, -0.05) is 99.8 Å². The second kappa shape index (κ2) is 15.0. The van der Waals surface area contributed by atoms with E-state index >= 15 is 0 Å². The van der Waals surface area contributed by atoms with Crippen molar-refractivity contribution >= 4 is 27.9 Å². The zero-order valence-corrected chi connectivity index (χ0v) is 27.0. The Bertz CT molecular complexity index is 1910. The minimum Gasteiger partial charge on any atom is -0.357 e. The van der Waals surface area contributed by atoms with Crippen LogP contribution in [0.25, 0.3) is 27.9 Å². The molecule has 2 aromatic heterocycles. The lowest BCUT2D eigenvalue weighted by atomic mass is 9.91. The molecule has 242 valence electrons. The Morgan fingerprint density at radius 1 is 0.660 bits per heavy atom. The first-order chi connectivity index (χ1) is 22.7. The van der Waals surface area contributed by atoms with E-state index in [4.69, 9.17) is 0 Å². The molecule has 0 amide bonds. The highest BCUT2D eigenvalue weighted by atomic mass is 15.0. The Morgan fingerprint density at radius 3 is 1.68 bits per heavy atom. The maximum absolute atomic E-state index is 3.89. The number of benzene rings is 4. The van der Waals surface area contributed by atoms with Crippen LogP contribution in [0, 0.1) is 0 Å². The summed E-state index contributed by atoms with van der Waals surface area (Å²) < 4.78 is 0. The van der Waals surface area contributed by atoms with E-state index < -0.39 is 0 Å². The number of nitrogens with one attached hydrogen (secondary N) is 4. The highest BCUT2D eigenvalue weighted by molar-refractivity contribution is 5.87. The lowest BCUT2D eigenvalue weighted by molar-refractivity contribution is 0.452. The fourth-order valence-corrected chi connectivity index (χ4v) is 7.42. The lowest BCUT2D eigenvalue weighted by Crippen LogP contribution is -2.24. The maximum Gasteiger partial charge on any atom is 0.0478 e. The van der Waals surface area contributed by atoms with Gasteiger partial charge in [0.2, 0.25) is 0 Å². The van der Waals surface area contributed by atoms with Crippen molar-refractivity contribution in [3.8, 4) is 0 Å². The molecule has 2 atom stereocenters. The van der Waals surface area contributed by atoms with Crippen LogP contribution in [-0.2, 0) is 32.4 Å². The van der Waals surface area contributed by atoms with Crippen LogP contribution in [0.4, 0.5) is 0 Å². The van der Waals surface area contributed by atoms with Crippen molar-refractivity contribution in [1.82, 2.24) is 20.6 Å². The molecule has 0 radical (unpaired) electrons. The average molecular weight is 623 g/mol. The first-order valence-corrected chi connectivity index (χ1v) is 17.1. The summed E-state index contributed by atoms with van der Waals surface area (Å²) in [5.74, 6) is 0. The smallest absolute Gasteiger partial charge is 0.0478 e. The van der Waals surface area contributed by atoms with Crippen LogP contribution in [0.15, 0.2) is 104 Å². The molecule has 4 N–H and O–H groups in total. The van der Waals surface area contributed by atoms with Gasteiger partial charge in [0.25, 0.3) is 0 Å². The van der Waals surface area contributed by atoms with Crippen LogP contribution in [0.2, 0.25) is 0 Å². The quantitative estimate of drug-likeness (QED) is 0.137. The van der Waals surface area contributed by atoms with E-state index in [1.165, 1.54) is 105 Å². The minimum atomic E-state index is 0. The van der Waals surface area contributed by atoms with Crippen molar-refractivity contribution in [2.45, 2.75) is 84.5 Å². The molecular weight excluding hydrogens is 573 g/mol. The zero-order valence-electron chi connectivity index (χ0n) is 27.0. The van der Waals surface area contributed by atoms with Gasteiger partial charge in [-0.25, -0.2) is 0 Å². The molecule has 0 spiro atoms. The van der Waals surface area contributed by atoms with Gasteiger partial charge in [0.1, 0.15) is 0 Å². The van der Waals surface area contributed by atoms with Gasteiger partial charge in [0.15, 0.2) is 0 Å². The molecule has 0 bridgehead atoms. The fraction of sp³-hybridized carbons (Fsp3) is 0.302. The first kappa shape index (κ1) is 32.6. The second-order valence-corrected chi connectivity index (χ2v) is 12.9.